The molecule has 0 saturated heterocycles. The van der Waals surface area contributed by atoms with Crippen LogP contribution in [-0.2, 0) is 10.0 Å². The van der Waals surface area contributed by atoms with Crippen molar-refractivity contribution in [3.63, 3.8) is 0 Å². The molecule has 0 amide bonds. The van der Waals surface area contributed by atoms with Crippen LogP contribution >= 0.6 is 0 Å². The zero-order chi connectivity index (χ0) is 14.0. The summed E-state index contributed by atoms with van der Waals surface area (Å²) in [6, 6.07) is 6.11. The summed E-state index contributed by atoms with van der Waals surface area (Å²) in [5.74, 6) is -0.978. The number of pyridine rings is 1. The highest BCUT2D eigenvalue weighted by atomic mass is 32.2. The first kappa shape index (κ1) is 13.3. The molecule has 19 heavy (non-hydrogen) atoms. The van der Waals surface area contributed by atoms with Gasteiger partial charge < -0.3 is 5.11 Å². The molecule has 2 rings (SSSR count). The van der Waals surface area contributed by atoms with Crippen LogP contribution in [0.5, 0.6) is 5.75 Å². The smallest absolute Gasteiger partial charge is 0.263 e. The van der Waals surface area contributed by atoms with E-state index < -0.39 is 15.8 Å². The SMILES string of the molecule is Cc1cc(F)ccc1S(=O)(=O)Nc1ncccc1O. The van der Waals surface area contributed by atoms with Gasteiger partial charge in [-0.15, -0.1) is 0 Å². The van der Waals surface area contributed by atoms with Crippen LogP contribution in [0, 0.1) is 12.7 Å². The summed E-state index contributed by atoms with van der Waals surface area (Å²) >= 11 is 0. The monoisotopic (exact) mass is 282 g/mol. The largest absolute Gasteiger partial charge is 0.504 e. The van der Waals surface area contributed by atoms with Crippen molar-refractivity contribution in [1.82, 2.24) is 4.98 Å². The Morgan fingerprint density at radius 1 is 1.32 bits per heavy atom. The normalized spacial score (nSPS) is 11.3. The number of aromatic nitrogens is 1. The summed E-state index contributed by atoms with van der Waals surface area (Å²) in [6.45, 7) is 1.48. The molecule has 100 valence electrons. The zero-order valence-electron chi connectivity index (χ0n) is 9.96. The van der Waals surface area contributed by atoms with Gasteiger partial charge >= 0.3 is 0 Å². The standard InChI is InChI=1S/C12H11FN2O3S/c1-8-7-9(13)4-5-11(8)19(17,18)15-12-10(16)3-2-6-14-12/h2-7,16H,1H3,(H,14,15). The molecule has 1 aromatic carbocycles. The summed E-state index contributed by atoms with van der Waals surface area (Å²) in [7, 11) is -3.92. The van der Waals surface area contributed by atoms with E-state index in [4.69, 9.17) is 0 Å². The van der Waals surface area contributed by atoms with Crippen molar-refractivity contribution in [1.29, 1.82) is 0 Å². The maximum absolute atomic E-state index is 13.0. The van der Waals surface area contributed by atoms with Crippen molar-refractivity contribution in [2.75, 3.05) is 4.72 Å². The third-order valence-corrected chi connectivity index (χ3v) is 3.94. The van der Waals surface area contributed by atoms with Crippen molar-refractivity contribution < 1.29 is 17.9 Å². The van der Waals surface area contributed by atoms with Crippen molar-refractivity contribution >= 4 is 15.8 Å². The van der Waals surface area contributed by atoms with Gasteiger partial charge in [0.25, 0.3) is 10.0 Å². The van der Waals surface area contributed by atoms with Gasteiger partial charge in [-0.1, -0.05) is 0 Å². The Morgan fingerprint density at radius 2 is 2.05 bits per heavy atom. The number of sulfonamides is 1. The van der Waals surface area contributed by atoms with Gasteiger partial charge in [0.2, 0.25) is 0 Å². The number of halogens is 1. The number of aromatic hydroxyl groups is 1. The van der Waals surface area contributed by atoms with E-state index in [2.05, 4.69) is 9.71 Å². The van der Waals surface area contributed by atoms with Crippen LogP contribution in [0.4, 0.5) is 10.2 Å². The summed E-state index contributed by atoms with van der Waals surface area (Å²) in [4.78, 5) is 3.65. The highest BCUT2D eigenvalue weighted by Crippen LogP contribution is 2.24. The summed E-state index contributed by atoms with van der Waals surface area (Å²) < 4.78 is 39.3. The van der Waals surface area contributed by atoms with Crippen LogP contribution in [0.3, 0.4) is 0 Å². The lowest BCUT2D eigenvalue weighted by Gasteiger charge is -2.10. The lowest BCUT2D eigenvalue weighted by molar-refractivity contribution is 0.475. The van der Waals surface area contributed by atoms with Gasteiger partial charge in [-0.25, -0.2) is 17.8 Å². The Bertz CT molecular complexity index is 717. The van der Waals surface area contributed by atoms with E-state index in [9.17, 15) is 17.9 Å². The van der Waals surface area contributed by atoms with Crippen LogP contribution in [0.2, 0.25) is 0 Å². The molecule has 1 heterocycles. The fourth-order valence-electron chi connectivity index (χ4n) is 1.57. The van der Waals surface area contributed by atoms with Crippen molar-refractivity contribution in [3.8, 4) is 5.75 Å². The topological polar surface area (TPSA) is 79.3 Å². The van der Waals surface area contributed by atoms with E-state index in [1.165, 1.54) is 25.3 Å². The molecule has 5 nitrogen and oxygen atoms in total. The van der Waals surface area contributed by atoms with Crippen LogP contribution in [0.25, 0.3) is 0 Å². The molecule has 0 saturated carbocycles. The minimum absolute atomic E-state index is 0.0704. The third-order valence-electron chi connectivity index (χ3n) is 2.44. The second-order valence-corrected chi connectivity index (χ2v) is 5.54. The highest BCUT2D eigenvalue weighted by molar-refractivity contribution is 7.92. The molecule has 0 spiro atoms. The molecular formula is C12H11FN2O3S. The zero-order valence-corrected chi connectivity index (χ0v) is 10.8. The van der Waals surface area contributed by atoms with Gasteiger partial charge in [-0.2, -0.15) is 0 Å². The maximum Gasteiger partial charge on any atom is 0.263 e. The minimum atomic E-state index is -3.92. The molecule has 1 aromatic heterocycles. The lowest BCUT2D eigenvalue weighted by Crippen LogP contribution is -2.15. The van der Waals surface area contributed by atoms with Crippen LogP contribution in [-0.4, -0.2) is 18.5 Å². The molecule has 0 atom stereocenters. The van der Waals surface area contributed by atoms with Gasteiger partial charge in [0.15, 0.2) is 11.6 Å². The second kappa shape index (κ2) is 4.85. The summed E-state index contributed by atoms with van der Waals surface area (Å²) in [6.07, 6.45) is 1.34. The van der Waals surface area contributed by atoms with E-state index in [0.29, 0.717) is 0 Å². The van der Waals surface area contributed by atoms with Gasteiger partial charge in [0.05, 0.1) is 4.90 Å². The van der Waals surface area contributed by atoms with E-state index in [1.807, 2.05) is 0 Å². The average molecular weight is 282 g/mol. The molecule has 2 N–H and O–H groups in total. The Balaban J connectivity index is 2.41. The van der Waals surface area contributed by atoms with E-state index in [0.717, 1.165) is 18.2 Å². The lowest BCUT2D eigenvalue weighted by atomic mass is 10.2. The molecular weight excluding hydrogens is 271 g/mol. The molecule has 0 fully saturated rings. The summed E-state index contributed by atoms with van der Waals surface area (Å²) in [5, 5.41) is 9.48. The fourth-order valence-corrected chi connectivity index (χ4v) is 2.82. The van der Waals surface area contributed by atoms with E-state index in [-0.39, 0.29) is 22.0 Å². The first-order valence-corrected chi connectivity index (χ1v) is 6.81. The van der Waals surface area contributed by atoms with Crippen molar-refractivity contribution in [3.05, 3.63) is 47.9 Å². The number of hydrogen-bond donors (Lipinski definition) is 2. The molecule has 0 aliphatic carbocycles. The predicted molar refractivity (Wildman–Crippen MR) is 67.8 cm³/mol. The van der Waals surface area contributed by atoms with Crippen molar-refractivity contribution in [2.24, 2.45) is 0 Å². The molecule has 0 radical (unpaired) electrons. The Hall–Kier alpha value is -2.15. The third kappa shape index (κ3) is 2.82. The molecule has 0 bridgehead atoms. The number of nitrogens with one attached hydrogen (secondary N) is 1. The second-order valence-electron chi connectivity index (χ2n) is 3.89. The van der Waals surface area contributed by atoms with Gasteiger partial charge in [0.1, 0.15) is 5.82 Å². The van der Waals surface area contributed by atoms with Crippen LogP contribution in [0.1, 0.15) is 5.56 Å². The highest BCUT2D eigenvalue weighted by Gasteiger charge is 2.19. The van der Waals surface area contributed by atoms with Crippen molar-refractivity contribution in [2.45, 2.75) is 11.8 Å². The first-order valence-electron chi connectivity index (χ1n) is 5.33. The minimum Gasteiger partial charge on any atom is -0.504 e. The molecule has 0 aliphatic rings. The molecule has 2 aromatic rings. The first-order chi connectivity index (χ1) is 8.90. The molecule has 0 aliphatic heterocycles. The summed E-state index contributed by atoms with van der Waals surface area (Å²) in [5.41, 5.74) is 0.267. The predicted octanol–water partition coefficient (Wildman–Crippen LogP) is 2.04. The van der Waals surface area contributed by atoms with Crippen LogP contribution in [0.15, 0.2) is 41.4 Å². The van der Waals surface area contributed by atoms with Gasteiger partial charge in [-0.05, 0) is 42.8 Å². The Morgan fingerprint density at radius 3 is 2.68 bits per heavy atom. The number of aryl methyl sites for hydroxylation is 1. The van der Waals surface area contributed by atoms with E-state index in [1.54, 1.807) is 0 Å². The number of hydrogen-bond acceptors (Lipinski definition) is 4. The molecule has 7 heteroatoms. The Kier molecular flexibility index (Phi) is 3.39. The maximum atomic E-state index is 13.0. The number of rotatable bonds is 3. The number of nitrogens with zero attached hydrogens (tertiary/aromatic N) is 1. The number of anilines is 1. The van der Waals surface area contributed by atoms with Crippen LogP contribution < -0.4 is 4.72 Å². The molecule has 0 unspecified atom stereocenters. The average Bonchev–Trinajstić information content (AvgIpc) is 2.31. The van der Waals surface area contributed by atoms with Gasteiger partial charge in [0, 0.05) is 6.20 Å². The number of benzene rings is 1. The van der Waals surface area contributed by atoms with Gasteiger partial charge in [-0.3, -0.25) is 4.72 Å². The van der Waals surface area contributed by atoms with E-state index >= 15 is 0 Å². The fraction of sp³-hybridized carbons (Fsp3) is 0.0833. The quantitative estimate of drug-likeness (QED) is 0.902. The Labute approximate surface area is 109 Å².